The molecule has 0 amide bonds. The molecular weight excluding hydrogens is 240 g/mol. The molecule has 0 aliphatic rings. The molecule has 4 N–H and O–H groups in total. The van der Waals surface area contributed by atoms with Gasteiger partial charge in [-0.25, -0.2) is 9.89 Å². The number of nitrogens with two attached hydrogens (primary N) is 1. The summed E-state index contributed by atoms with van der Waals surface area (Å²) >= 11 is 1.39. The topological polar surface area (TPSA) is 105 Å². The van der Waals surface area contributed by atoms with E-state index in [0.717, 1.165) is 5.56 Å². The van der Waals surface area contributed by atoms with E-state index in [0.29, 0.717) is 10.9 Å². The van der Waals surface area contributed by atoms with E-state index in [1.807, 2.05) is 6.07 Å². The molecule has 0 aliphatic heterocycles. The lowest BCUT2D eigenvalue weighted by Gasteiger charge is -2.00. The fourth-order valence-corrected chi connectivity index (χ4v) is 2.01. The second kappa shape index (κ2) is 4.88. The monoisotopic (exact) mass is 250 g/mol. The number of H-pyrrole nitrogens is 1. The summed E-state index contributed by atoms with van der Waals surface area (Å²) in [5, 5.41) is 15.8. The highest BCUT2D eigenvalue weighted by molar-refractivity contribution is 7.98. The van der Waals surface area contributed by atoms with E-state index < -0.39 is 5.97 Å². The number of carboxylic acids is 1. The number of hydrogen-bond donors (Lipinski definition) is 3. The van der Waals surface area contributed by atoms with Crippen LogP contribution in [0.15, 0.2) is 29.4 Å². The third-order valence-electron chi connectivity index (χ3n) is 2.02. The first-order chi connectivity index (χ1) is 8.15. The van der Waals surface area contributed by atoms with Gasteiger partial charge in [-0.2, -0.15) is 4.98 Å². The highest BCUT2D eigenvalue weighted by Gasteiger charge is 2.05. The van der Waals surface area contributed by atoms with Gasteiger partial charge >= 0.3 is 5.97 Å². The minimum atomic E-state index is -0.931. The third-order valence-corrected chi connectivity index (χ3v) is 2.94. The highest BCUT2D eigenvalue weighted by atomic mass is 32.2. The van der Waals surface area contributed by atoms with Gasteiger partial charge in [0.05, 0.1) is 5.56 Å². The Kier molecular flexibility index (Phi) is 3.29. The number of hydrogen-bond acceptors (Lipinski definition) is 5. The molecule has 1 heterocycles. The molecular formula is C10H10N4O2S. The molecule has 0 spiro atoms. The summed E-state index contributed by atoms with van der Waals surface area (Å²) in [6.45, 7) is 0. The molecule has 0 atom stereocenters. The predicted octanol–water partition coefficient (Wildman–Crippen LogP) is 1.38. The van der Waals surface area contributed by atoms with E-state index in [4.69, 9.17) is 10.8 Å². The average Bonchev–Trinajstić information content (AvgIpc) is 2.73. The Bertz CT molecular complexity index is 541. The maximum Gasteiger partial charge on any atom is 0.335 e. The van der Waals surface area contributed by atoms with Gasteiger partial charge in [0.15, 0.2) is 0 Å². The fraction of sp³-hybridized carbons (Fsp3) is 0.100. The number of nitrogen functional groups attached to an aromatic ring is 1. The minimum absolute atomic E-state index is 0.270. The normalized spacial score (nSPS) is 10.4. The molecule has 1 aromatic carbocycles. The number of carbonyl (C=O) groups is 1. The quantitative estimate of drug-likeness (QED) is 0.708. The lowest BCUT2D eigenvalue weighted by atomic mass is 10.1. The zero-order valence-corrected chi connectivity index (χ0v) is 9.57. The average molecular weight is 250 g/mol. The molecule has 0 radical (unpaired) electrons. The predicted molar refractivity (Wildman–Crippen MR) is 63.8 cm³/mol. The lowest BCUT2D eigenvalue weighted by Crippen LogP contribution is -1.96. The van der Waals surface area contributed by atoms with Gasteiger partial charge in [-0.05, 0) is 17.7 Å². The van der Waals surface area contributed by atoms with Crippen LogP contribution < -0.4 is 5.73 Å². The number of anilines is 1. The Balaban J connectivity index is 2.04. The van der Waals surface area contributed by atoms with Crippen LogP contribution in [0.25, 0.3) is 0 Å². The van der Waals surface area contributed by atoms with Crippen LogP contribution >= 0.6 is 11.8 Å². The third kappa shape index (κ3) is 2.97. The minimum Gasteiger partial charge on any atom is -0.478 e. The van der Waals surface area contributed by atoms with Crippen molar-refractivity contribution in [1.82, 2.24) is 15.2 Å². The van der Waals surface area contributed by atoms with E-state index in [1.54, 1.807) is 18.2 Å². The van der Waals surface area contributed by atoms with Crippen molar-refractivity contribution in [3.8, 4) is 0 Å². The summed E-state index contributed by atoms with van der Waals surface area (Å²) in [4.78, 5) is 14.7. The van der Waals surface area contributed by atoms with Gasteiger partial charge in [0, 0.05) is 5.75 Å². The summed E-state index contributed by atoms with van der Waals surface area (Å²) in [5.74, 6) is -0.0657. The van der Waals surface area contributed by atoms with Crippen molar-refractivity contribution in [2.24, 2.45) is 0 Å². The van der Waals surface area contributed by atoms with Crippen molar-refractivity contribution >= 4 is 23.7 Å². The molecule has 7 heteroatoms. The molecule has 0 aliphatic carbocycles. The SMILES string of the molecule is Nc1nc(SCc2cccc(C(=O)O)c2)n[nH]1. The van der Waals surface area contributed by atoms with Crippen molar-refractivity contribution in [3.63, 3.8) is 0 Å². The summed E-state index contributed by atoms with van der Waals surface area (Å²) in [6, 6.07) is 6.76. The van der Waals surface area contributed by atoms with Gasteiger partial charge in [-0.15, -0.1) is 5.10 Å². The molecule has 0 saturated carbocycles. The van der Waals surface area contributed by atoms with Crippen LogP contribution in [-0.2, 0) is 5.75 Å². The number of benzene rings is 1. The van der Waals surface area contributed by atoms with Crippen LogP contribution in [-0.4, -0.2) is 26.3 Å². The van der Waals surface area contributed by atoms with Crippen LogP contribution in [0.4, 0.5) is 5.95 Å². The van der Waals surface area contributed by atoms with E-state index in [-0.39, 0.29) is 11.5 Å². The second-order valence-electron chi connectivity index (χ2n) is 3.30. The van der Waals surface area contributed by atoms with Gasteiger partial charge in [0.1, 0.15) is 0 Å². The standard InChI is InChI=1S/C10H10N4O2S/c11-9-12-10(14-13-9)17-5-6-2-1-3-7(4-6)8(15)16/h1-4H,5H2,(H,15,16)(H3,11,12,13,14). The molecule has 1 aromatic heterocycles. The van der Waals surface area contributed by atoms with Gasteiger partial charge < -0.3 is 10.8 Å². The van der Waals surface area contributed by atoms with Crippen LogP contribution in [0.1, 0.15) is 15.9 Å². The molecule has 2 aromatic rings. The van der Waals surface area contributed by atoms with Gasteiger partial charge in [-0.3, -0.25) is 0 Å². The molecule has 17 heavy (non-hydrogen) atoms. The second-order valence-corrected chi connectivity index (χ2v) is 4.24. The Morgan fingerprint density at radius 3 is 3.00 bits per heavy atom. The summed E-state index contributed by atoms with van der Waals surface area (Å²) in [7, 11) is 0. The number of thioether (sulfide) groups is 1. The van der Waals surface area contributed by atoms with Crippen LogP contribution in [0.2, 0.25) is 0 Å². The van der Waals surface area contributed by atoms with Gasteiger partial charge in [-0.1, -0.05) is 23.9 Å². The number of carboxylic acid groups (broad SMARTS) is 1. The number of rotatable bonds is 4. The number of nitrogens with one attached hydrogen (secondary N) is 1. The molecule has 2 rings (SSSR count). The Morgan fingerprint density at radius 2 is 2.35 bits per heavy atom. The molecule has 6 nitrogen and oxygen atoms in total. The molecule has 0 saturated heterocycles. The zero-order chi connectivity index (χ0) is 12.3. The summed E-state index contributed by atoms with van der Waals surface area (Å²) in [5.41, 5.74) is 6.57. The highest BCUT2D eigenvalue weighted by Crippen LogP contribution is 2.19. The first-order valence-corrected chi connectivity index (χ1v) is 5.76. The van der Waals surface area contributed by atoms with E-state index in [9.17, 15) is 4.79 Å². The maximum absolute atomic E-state index is 10.8. The van der Waals surface area contributed by atoms with Gasteiger partial charge in [0.25, 0.3) is 0 Å². The van der Waals surface area contributed by atoms with Crippen LogP contribution in [0.3, 0.4) is 0 Å². The van der Waals surface area contributed by atoms with E-state index in [2.05, 4.69) is 15.2 Å². The Labute approximate surface area is 101 Å². The Morgan fingerprint density at radius 1 is 1.53 bits per heavy atom. The van der Waals surface area contributed by atoms with E-state index >= 15 is 0 Å². The lowest BCUT2D eigenvalue weighted by molar-refractivity contribution is 0.0697. The summed E-state index contributed by atoms with van der Waals surface area (Å²) < 4.78 is 0. The van der Waals surface area contributed by atoms with E-state index in [1.165, 1.54) is 11.8 Å². The summed E-state index contributed by atoms with van der Waals surface area (Å²) in [6.07, 6.45) is 0. The van der Waals surface area contributed by atoms with Crippen molar-refractivity contribution in [2.75, 3.05) is 5.73 Å². The first kappa shape index (κ1) is 11.5. The number of aromatic carboxylic acids is 1. The first-order valence-electron chi connectivity index (χ1n) is 4.78. The largest absolute Gasteiger partial charge is 0.478 e. The maximum atomic E-state index is 10.8. The molecule has 88 valence electrons. The van der Waals surface area contributed by atoms with Crippen LogP contribution in [0, 0.1) is 0 Å². The fourth-order valence-electron chi connectivity index (χ4n) is 1.26. The van der Waals surface area contributed by atoms with Crippen molar-refractivity contribution in [1.29, 1.82) is 0 Å². The smallest absolute Gasteiger partial charge is 0.335 e. The Hall–Kier alpha value is -2.02. The number of aromatic amines is 1. The molecule has 0 fully saturated rings. The van der Waals surface area contributed by atoms with Gasteiger partial charge in [0.2, 0.25) is 11.1 Å². The molecule has 0 bridgehead atoms. The molecule has 0 unspecified atom stereocenters. The van der Waals surface area contributed by atoms with Crippen LogP contribution in [0.5, 0.6) is 0 Å². The van der Waals surface area contributed by atoms with Crippen molar-refractivity contribution in [3.05, 3.63) is 35.4 Å². The van der Waals surface area contributed by atoms with Crippen molar-refractivity contribution in [2.45, 2.75) is 10.9 Å². The number of aromatic nitrogens is 3. The zero-order valence-electron chi connectivity index (χ0n) is 8.75. The van der Waals surface area contributed by atoms with Crippen molar-refractivity contribution < 1.29 is 9.90 Å². The number of nitrogens with zero attached hydrogens (tertiary/aromatic N) is 2.